The van der Waals surface area contributed by atoms with Gasteiger partial charge in [0, 0.05) is 50.2 Å². The summed E-state index contributed by atoms with van der Waals surface area (Å²) in [5, 5.41) is 16.6. The molecular formula is C60H43N5. The summed E-state index contributed by atoms with van der Waals surface area (Å²) < 4.78 is 4.39. The van der Waals surface area contributed by atoms with Crippen molar-refractivity contribution in [3.05, 3.63) is 247 Å². The monoisotopic (exact) mass is 833 g/mol. The van der Waals surface area contributed by atoms with E-state index in [1.165, 1.54) is 17.1 Å². The number of benzene rings is 8. The van der Waals surface area contributed by atoms with E-state index in [9.17, 15) is 5.26 Å². The second-order valence-corrected chi connectivity index (χ2v) is 16.1. The van der Waals surface area contributed by atoms with E-state index in [-0.39, 0.29) is 0 Å². The van der Waals surface area contributed by atoms with Crippen LogP contribution in [0.2, 0.25) is 0 Å². The Bertz CT molecular complexity index is 3550. The van der Waals surface area contributed by atoms with Crippen molar-refractivity contribution in [1.29, 1.82) is 5.26 Å². The van der Waals surface area contributed by atoms with Crippen molar-refractivity contribution in [2.45, 2.75) is 13.8 Å². The Morgan fingerprint density at radius 2 is 1.20 bits per heavy atom. The molecule has 0 unspecified atom stereocenters. The van der Waals surface area contributed by atoms with Crippen LogP contribution in [0.5, 0.6) is 0 Å². The van der Waals surface area contributed by atoms with E-state index in [1.807, 2.05) is 36.1 Å². The van der Waals surface area contributed by atoms with Gasteiger partial charge in [0.25, 0.3) is 0 Å². The molecule has 10 aromatic rings. The lowest BCUT2D eigenvalue weighted by Gasteiger charge is -2.28. The first-order chi connectivity index (χ1) is 31.9. The van der Waals surface area contributed by atoms with E-state index in [0.717, 1.165) is 83.1 Å². The number of aromatic nitrogens is 2. The molecule has 0 saturated heterocycles. The highest BCUT2D eigenvalue weighted by Crippen LogP contribution is 2.40. The highest BCUT2D eigenvalue weighted by atomic mass is 15.2. The lowest BCUT2D eigenvalue weighted by atomic mass is 10.0. The van der Waals surface area contributed by atoms with E-state index >= 15 is 0 Å². The van der Waals surface area contributed by atoms with Crippen LogP contribution in [0, 0.1) is 24.8 Å². The van der Waals surface area contributed by atoms with Gasteiger partial charge in [0.2, 0.25) is 0 Å². The zero-order valence-corrected chi connectivity index (χ0v) is 36.2. The molecule has 0 aliphatic heterocycles. The van der Waals surface area contributed by atoms with Gasteiger partial charge < -0.3 is 14.0 Å². The number of nitriles is 1. The molecule has 0 saturated carbocycles. The molecule has 0 aliphatic rings. The number of rotatable bonds is 10. The number of hydrogen-bond acceptors (Lipinski definition) is 2. The third-order valence-electron chi connectivity index (χ3n) is 12.3. The third-order valence-corrected chi connectivity index (χ3v) is 12.3. The summed E-state index contributed by atoms with van der Waals surface area (Å²) in [7, 11) is 0. The molecule has 0 atom stereocenters. The van der Waals surface area contributed by atoms with Gasteiger partial charge >= 0.3 is 0 Å². The van der Waals surface area contributed by atoms with Crippen LogP contribution < -0.4 is 4.90 Å². The molecule has 2 heterocycles. The van der Waals surface area contributed by atoms with E-state index in [4.69, 9.17) is 6.57 Å². The van der Waals surface area contributed by atoms with Gasteiger partial charge in [0.15, 0.2) is 6.20 Å². The summed E-state index contributed by atoms with van der Waals surface area (Å²) in [6.07, 6.45) is 7.55. The van der Waals surface area contributed by atoms with Gasteiger partial charge in [-0.1, -0.05) is 140 Å². The first-order valence-electron chi connectivity index (χ1n) is 21.6. The van der Waals surface area contributed by atoms with Crippen molar-refractivity contribution in [1.82, 2.24) is 9.13 Å². The number of para-hydroxylation sites is 1. The average Bonchev–Trinajstić information content (AvgIpc) is 3.83. The van der Waals surface area contributed by atoms with E-state index in [1.54, 1.807) is 6.08 Å². The van der Waals surface area contributed by atoms with Gasteiger partial charge in [0.1, 0.15) is 6.07 Å². The molecule has 5 nitrogen and oxygen atoms in total. The zero-order chi connectivity index (χ0) is 44.4. The van der Waals surface area contributed by atoms with Crippen LogP contribution >= 0.6 is 0 Å². The van der Waals surface area contributed by atoms with Crippen LogP contribution in [-0.4, -0.2) is 9.13 Å². The molecule has 8 aromatic carbocycles. The summed E-state index contributed by atoms with van der Waals surface area (Å²) in [6.45, 7) is 17.0. The van der Waals surface area contributed by atoms with Crippen molar-refractivity contribution in [2.75, 3.05) is 4.90 Å². The highest BCUT2D eigenvalue weighted by Gasteiger charge is 2.21. The Balaban J connectivity index is 1.12. The van der Waals surface area contributed by atoms with Gasteiger partial charge in [0.05, 0.1) is 34.4 Å². The van der Waals surface area contributed by atoms with Crippen LogP contribution in [0.15, 0.2) is 224 Å². The van der Waals surface area contributed by atoms with Crippen molar-refractivity contribution >= 4 is 66.6 Å². The molecule has 0 bridgehead atoms. The lowest BCUT2D eigenvalue weighted by molar-refractivity contribution is 1.05. The Morgan fingerprint density at radius 1 is 0.615 bits per heavy atom. The minimum absolute atomic E-state index is 0.317. The smallest absolute Gasteiger partial charge is 0.177 e. The van der Waals surface area contributed by atoms with Gasteiger partial charge in [-0.05, 0) is 120 Å². The summed E-state index contributed by atoms with van der Waals surface area (Å²) in [4.78, 5) is 5.86. The SMILES string of the molecule is [C-]#[N+]/C=C(/C=C(/C#N)C(=C)N(c1ccc(-n2c(C)c(/C=C\C)c3ccccc32)cc1)c1ccc2ccccc2c1)n1c2ccc(-c3ccccc3)cc2c2cc(-c3ccccc3)ccc21. The first kappa shape index (κ1) is 40.2. The normalized spacial score (nSPS) is 12.0. The van der Waals surface area contributed by atoms with Crippen LogP contribution in [0.1, 0.15) is 18.2 Å². The molecule has 308 valence electrons. The van der Waals surface area contributed by atoms with Gasteiger partial charge in [-0.3, -0.25) is 0 Å². The van der Waals surface area contributed by atoms with E-state index in [2.05, 4.69) is 209 Å². The number of allylic oxidation sites excluding steroid dienone is 4. The first-order valence-corrected chi connectivity index (χ1v) is 21.6. The molecule has 0 spiro atoms. The molecule has 0 amide bonds. The van der Waals surface area contributed by atoms with E-state index in [0.29, 0.717) is 17.0 Å². The summed E-state index contributed by atoms with van der Waals surface area (Å²) in [6, 6.07) is 67.6. The molecule has 65 heavy (non-hydrogen) atoms. The molecule has 0 aliphatic carbocycles. The van der Waals surface area contributed by atoms with Crippen molar-refractivity contribution in [2.24, 2.45) is 0 Å². The number of hydrogen-bond donors (Lipinski definition) is 0. The van der Waals surface area contributed by atoms with E-state index < -0.39 is 0 Å². The maximum Gasteiger partial charge on any atom is 0.177 e. The van der Waals surface area contributed by atoms with Crippen LogP contribution in [0.25, 0.3) is 88.0 Å². The standard InChI is InChI=1S/C60H43N5/c1-5-16-54-42(3)64(58-24-15-14-23-55(54)58)51-31-29-50(30-32-51)63(52-28-25-45-21-12-13-22-46(45)35-52)41(2)49(39-61)36-53(40-62-4)65-59-33-26-47(43-17-8-6-9-18-43)37-56(59)57-38-48(27-34-60(57)65)44-19-10-7-11-20-44/h5-38,40H,2H2,1,3H3/b16-5-,49-36-,53-40-. The molecule has 0 radical (unpaired) electrons. The molecule has 10 rings (SSSR count). The number of fused-ring (bicyclic) bond motifs is 5. The van der Waals surface area contributed by atoms with Crippen LogP contribution in [0.4, 0.5) is 11.4 Å². The Hall–Kier alpha value is -8.90. The Morgan fingerprint density at radius 3 is 1.82 bits per heavy atom. The van der Waals surface area contributed by atoms with Gasteiger partial charge in [-0.25, -0.2) is 4.85 Å². The molecule has 5 heteroatoms. The quantitative estimate of drug-likeness (QED) is 0.0782. The fourth-order valence-electron chi connectivity index (χ4n) is 9.23. The lowest BCUT2D eigenvalue weighted by Crippen LogP contribution is -2.17. The second kappa shape index (κ2) is 17.1. The van der Waals surface area contributed by atoms with Gasteiger partial charge in [-0.2, -0.15) is 5.26 Å². The van der Waals surface area contributed by atoms with Crippen LogP contribution in [0.3, 0.4) is 0 Å². The largest absolute Gasteiger partial charge is 0.320 e. The maximum absolute atomic E-state index is 11.1. The summed E-state index contributed by atoms with van der Waals surface area (Å²) >= 11 is 0. The minimum Gasteiger partial charge on any atom is -0.320 e. The molecule has 2 aromatic heterocycles. The molecular weight excluding hydrogens is 791 g/mol. The molecule has 0 N–H and O–H groups in total. The predicted molar refractivity (Wildman–Crippen MR) is 273 cm³/mol. The van der Waals surface area contributed by atoms with Crippen molar-refractivity contribution in [3.8, 4) is 34.0 Å². The van der Waals surface area contributed by atoms with Crippen molar-refractivity contribution < 1.29 is 0 Å². The Kier molecular flexibility index (Phi) is 10.6. The molecule has 0 fully saturated rings. The Labute approximate surface area is 379 Å². The number of anilines is 2. The second-order valence-electron chi connectivity index (χ2n) is 16.1. The third kappa shape index (κ3) is 7.28. The highest BCUT2D eigenvalue weighted by molar-refractivity contribution is 6.13. The number of nitrogens with zero attached hydrogens (tertiary/aromatic N) is 5. The topological polar surface area (TPSA) is 41.2 Å². The minimum atomic E-state index is 0.317. The fraction of sp³-hybridized carbons (Fsp3) is 0.0333. The van der Waals surface area contributed by atoms with Crippen molar-refractivity contribution in [3.63, 3.8) is 0 Å². The summed E-state index contributed by atoms with van der Waals surface area (Å²) in [5.74, 6) is 0. The zero-order valence-electron chi connectivity index (χ0n) is 36.2. The maximum atomic E-state index is 11.1. The average molecular weight is 834 g/mol. The summed E-state index contributed by atoms with van der Waals surface area (Å²) in [5.41, 5.74) is 13.8. The van der Waals surface area contributed by atoms with Crippen LogP contribution in [-0.2, 0) is 0 Å². The fourth-order valence-corrected chi connectivity index (χ4v) is 9.23. The predicted octanol–water partition coefficient (Wildman–Crippen LogP) is 16.1. The van der Waals surface area contributed by atoms with Gasteiger partial charge in [-0.15, -0.1) is 0 Å².